The van der Waals surface area contributed by atoms with Gasteiger partial charge in [-0.2, -0.15) is 0 Å². The normalized spacial score (nSPS) is 13.4. The zero-order chi connectivity index (χ0) is 16.1. The van der Waals surface area contributed by atoms with Crippen LogP contribution in [0, 0.1) is 0 Å². The van der Waals surface area contributed by atoms with Gasteiger partial charge in [0, 0.05) is 6.20 Å². The predicted octanol–water partition coefficient (Wildman–Crippen LogP) is 1.31. The Balaban J connectivity index is 2.49. The molecule has 11 heteroatoms. The van der Waals surface area contributed by atoms with E-state index in [1.165, 1.54) is 11.8 Å². The Bertz CT molecular complexity index is 524. The fourth-order valence-corrected chi connectivity index (χ4v) is 4.68. The van der Waals surface area contributed by atoms with Crippen molar-refractivity contribution in [1.29, 1.82) is 0 Å². The van der Waals surface area contributed by atoms with Crippen LogP contribution in [0.3, 0.4) is 0 Å². The minimum atomic E-state index is -5.12. The molecule has 21 heavy (non-hydrogen) atoms. The summed E-state index contributed by atoms with van der Waals surface area (Å²) < 4.78 is 22.5. The van der Waals surface area contributed by atoms with E-state index in [0.717, 1.165) is 5.03 Å². The molecule has 120 valence electrons. The lowest BCUT2D eigenvalue weighted by atomic mass is 10.2. The largest absolute Gasteiger partial charge is 0.357 e. The van der Waals surface area contributed by atoms with E-state index in [1.807, 2.05) is 12.1 Å². The lowest BCUT2D eigenvalue weighted by Gasteiger charge is -2.30. The Morgan fingerprint density at radius 3 is 2.24 bits per heavy atom. The van der Waals surface area contributed by atoms with Crippen LogP contribution in [-0.4, -0.2) is 35.3 Å². The molecule has 6 N–H and O–H groups in total. The number of rotatable bonds is 8. The molecule has 0 radical (unpaired) electrons. The Morgan fingerprint density at radius 2 is 1.76 bits per heavy atom. The molecule has 0 aliphatic heterocycles. The van der Waals surface area contributed by atoms with E-state index in [4.69, 9.17) is 25.3 Å². The van der Waals surface area contributed by atoms with Gasteiger partial charge in [-0.3, -0.25) is 9.13 Å². The van der Waals surface area contributed by atoms with Crippen LogP contribution in [0.2, 0.25) is 0 Å². The van der Waals surface area contributed by atoms with Gasteiger partial charge in [-0.1, -0.05) is 6.07 Å². The fraction of sp³-hybridized carbons (Fsp3) is 0.500. The molecule has 0 amide bonds. The number of nitrogens with two attached hydrogens (primary N) is 1. The van der Waals surface area contributed by atoms with E-state index < -0.39 is 26.6 Å². The highest BCUT2D eigenvalue weighted by atomic mass is 32.2. The second kappa shape index (κ2) is 7.35. The number of hydrogen-bond donors (Lipinski definition) is 5. The summed E-state index contributed by atoms with van der Waals surface area (Å²) in [4.78, 5) is 40.4. The standard InChI is InChI=1S/C10H18N2O6P2S/c11-10(19(13,14)15,20(16,17)18)6-2-4-8-21-9-5-1-3-7-12-9/h1,3,5,7H,2,4,6,8,11H2,(H2,13,14,15)(H2,16,17,18). The number of thioether (sulfide) groups is 1. The van der Waals surface area contributed by atoms with E-state index in [-0.39, 0.29) is 6.42 Å². The first-order valence-electron chi connectivity index (χ1n) is 6.02. The molecule has 0 unspecified atom stereocenters. The molecule has 0 fully saturated rings. The van der Waals surface area contributed by atoms with Crippen molar-refractivity contribution in [1.82, 2.24) is 4.98 Å². The Hall–Kier alpha value is -0.240. The maximum atomic E-state index is 11.2. The summed E-state index contributed by atoms with van der Waals surface area (Å²) in [6.45, 7) is 0. The molecule has 1 aromatic rings. The summed E-state index contributed by atoms with van der Waals surface area (Å²) in [5.41, 5.74) is 5.30. The smallest absolute Gasteiger partial charge is 0.323 e. The summed E-state index contributed by atoms with van der Waals surface area (Å²) in [5, 5.41) is -2.00. The van der Waals surface area contributed by atoms with Gasteiger partial charge in [0.2, 0.25) is 5.02 Å². The van der Waals surface area contributed by atoms with E-state index >= 15 is 0 Å². The van der Waals surface area contributed by atoms with Gasteiger partial charge in [-0.15, -0.1) is 11.8 Å². The van der Waals surface area contributed by atoms with Crippen molar-refractivity contribution in [2.45, 2.75) is 29.3 Å². The average molecular weight is 356 g/mol. The summed E-state index contributed by atoms with van der Waals surface area (Å²) in [6, 6.07) is 5.44. The highest BCUT2D eigenvalue weighted by molar-refractivity contribution is 7.99. The van der Waals surface area contributed by atoms with E-state index in [9.17, 15) is 9.13 Å². The summed E-state index contributed by atoms with van der Waals surface area (Å²) in [6.07, 6.45) is 1.88. The first-order chi connectivity index (χ1) is 9.58. The van der Waals surface area contributed by atoms with Crippen molar-refractivity contribution < 1.29 is 28.7 Å². The van der Waals surface area contributed by atoms with Crippen molar-refractivity contribution in [3.05, 3.63) is 24.4 Å². The molecule has 1 heterocycles. The van der Waals surface area contributed by atoms with Crippen LogP contribution in [0.1, 0.15) is 19.3 Å². The SMILES string of the molecule is NC(CCCCSc1ccccn1)(P(=O)(O)O)P(=O)(O)O. The quantitative estimate of drug-likeness (QED) is 0.263. The van der Waals surface area contributed by atoms with Crippen molar-refractivity contribution in [3.63, 3.8) is 0 Å². The van der Waals surface area contributed by atoms with Crippen molar-refractivity contribution in [3.8, 4) is 0 Å². The first kappa shape index (κ1) is 18.8. The van der Waals surface area contributed by atoms with E-state index in [2.05, 4.69) is 4.98 Å². The molecule has 0 aliphatic rings. The molecule has 0 aromatic carbocycles. The van der Waals surface area contributed by atoms with E-state index in [1.54, 1.807) is 12.3 Å². The third-order valence-electron chi connectivity index (χ3n) is 2.84. The summed E-state index contributed by atoms with van der Waals surface area (Å²) in [7, 11) is -10.2. The van der Waals surface area contributed by atoms with Crippen LogP contribution in [0.15, 0.2) is 29.4 Å². The van der Waals surface area contributed by atoms with Gasteiger partial charge >= 0.3 is 15.2 Å². The minimum absolute atomic E-state index is 0.187. The highest BCUT2D eigenvalue weighted by Gasteiger charge is 2.56. The molecule has 0 saturated heterocycles. The molecular formula is C10H18N2O6P2S. The Kier molecular flexibility index (Phi) is 6.58. The minimum Gasteiger partial charge on any atom is -0.323 e. The van der Waals surface area contributed by atoms with Crippen LogP contribution >= 0.6 is 27.0 Å². The lowest BCUT2D eigenvalue weighted by molar-refractivity contribution is 0.301. The van der Waals surface area contributed by atoms with Gasteiger partial charge in [0.05, 0.1) is 5.03 Å². The van der Waals surface area contributed by atoms with Crippen LogP contribution in [0.25, 0.3) is 0 Å². The number of aromatic nitrogens is 1. The maximum Gasteiger partial charge on any atom is 0.357 e. The highest BCUT2D eigenvalue weighted by Crippen LogP contribution is 2.67. The summed E-state index contributed by atoms with van der Waals surface area (Å²) in [5.74, 6) is 0.607. The molecule has 0 saturated carbocycles. The number of hydrogen-bond acceptors (Lipinski definition) is 5. The molecule has 1 rings (SSSR count). The number of pyridine rings is 1. The van der Waals surface area contributed by atoms with Crippen LogP contribution in [-0.2, 0) is 9.13 Å². The third kappa shape index (κ3) is 5.16. The van der Waals surface area contributed by atoms with E-state index in [0.29, 0.717) is 12.2 Å². The zero-order valence-corrected chi connectivity index (χ0v) is 13.7. The van der Waals surface area contributed by atoms with Gasteiger partial charge in [-0.05, 0) is 37.1 Å². The molecule has 0 bridgehead atoms. The van der Waals surface area contributed by atoms with Crippen LogP contribution in [0.5, 0.6) is 0 Å². The number of unbranched alkanes of at least 4 members (excludes halogenated alkanes) is 1. The Labute approximate surface area is 126 Å². The third-order valence-corrected chi connectivity index (χ3v) is 7.89. The van der Waals surface area contributed by atoms with Crippen molar-refractivity contribution >= 4 is 27.0 Å². The van der Waals surface area contributed by atoms with Gasteiger partial charge in [0.25, 0.3) is 0 Å². The fourth-order valence-electron chi connectivity index (χ4n) is 1.56. The van der Waals surface area contributed by atoms with Gasteiger partial charge < -0.3 is 25.3 Å². The van der Waals surface area contributed by atoms with Crippen LogP contribution < -0.4 is 5.73 Å². The summed E-state index contributed by atoms with van der Waals surface area (Å²) >= 11 is 1.45. The lowest BCUT2D eigenvalue weighted by Crippen LogP contribution is -2.39. The van der Waals surface area contributed by atoms with Crippen LogP contribution in [0.4, 0.5) is 0 Å². The second-order valence-electron chi connectivity index (χ2n) is 4.44. The monoisotopic (exact) mass is 356 g/mol. The topological polar surface area (TPSA) is 154 Å². The molecule has 8 nitrogen and oxygen atoms in total. The molecule has 0 atom stereocenters. The predicted molar refractivity (Wildman–Crippen MR) is 79.8 cm³/mol. The van der Waals surface area contributed by atoms with Gasteiger partial charge in [-0.25, -0.2) is 4.98 Å². The van der Waals surface area contributed by atoms with Crippen molar-refractivity contribution in [2.75, 3.05) is 5.75 Å². The number of nitrogens with zero attached hydrogens (tertiary/aromatic N) is 1. The second-order valence-corrected chi connectivity index (χ2v) is 9.68. The average Bonchev–Trinajstić information content (AvgIpc) is 2.36. The molecule has 0 spiro atoms. The molecular weight excluding hydrogens is 338 g/mol. The zero-order valence-electron chi connectivity index (χ0n) is 11.1. The van der Waals surface area contributed by atoms with Gasteiger partial charge in [0.15, 0.2) is 0 Å². The first-order valence-corrected chi connectivity index (χ1v) is 10.2. The Morgan fingerprint density at radius 1 is 1.14 bits per heavy atom. The van der Waals surface area contributed by atoms with Crippen molar-refractivity contribution in [2.24, 2.45) is 5.73 Å². The van der Waals surface area contributed by atoms with Gasteiger partial charge in [0.1, 0.15) is 0 Å². The molecule has 1 aromatic heterocycles. The maximum absolute atomic E-state index is 11.2. The molecule has 0 aliphatic carbocycles.